The molecular weight excluding hydrogens is 248 g/mol. The maximum absolute atomic E-state index is 6.48. The molecule has 0 aliphatic heterocycles. The van der Waals surface area contributed by atoms with Gasteiger partial charge >= 0.3 is 0 Å². The van der Waals surface area contributed by atoms with Gasteiger partial charge in [-0.25, -0.2) is 9.67 Å². The number of aryl methyl sites for hydroxylation is 2. The minimum Gasteiger partial charge on any atom is -0.326 e. The first-order valence-corrected chi connectivity index (χ1v) is 8.34. The molecule has 0 spiro atoms. The fourth-order valence-electron chi connectivity index (χ4n) is 3.35. The van der Waals surface area contributed by atoms with Crippen LogP contribution in [0.25, 0.3) is 0 Å². The minimum atomic E-state index is 0.217. The molecule has 1 heterocycles. The second kappa shape index (κ2) is 7.77. The van der Waals surface area contributed by atoms with Crippen molar-refractivity contribution in [3.63, 3.8) is 0 Å². The van der Waals surface area contributed by atoms with E-state index in [-0.39, 0.29) is 6.04 Å². The number of aromatic nitrogens is 3. The van der Waals surface area contributed by atoms with Gasteiger partial charge in [-0.1, -0.05) is 51.4 Å². The average Bonchev–Trinajstić information content (AvgIpc) is 2.73. The summed E-state index contributed by atoms with van der Waals surface area (Å²) in [6.45, 7) is 4.01. The fourth-order valence-corrected chi connectivity index (χ4v) is 3.35. The molecule has 0 radical (unpaired) electrons. The van der Waals surface area contributed by atoms with Gasteiger partial charge in [-0.15, -0.1) is 0 Å². The van der Waals surface area contributed by atoms with E-state index < -0.39 is 0 Å². The van der Waals surface area contributed by atoms with Crippen LogP contribution in [-0.4, -0.2) is 20.8 Å². The van der Waals surface area contributed by atoms with E-state index in [4.69, 9.17) is 5.73 Å². The summed E-state index contributed by atoms with van der Waals surface area (Å²) >= 11 is 0. The molecule has 2 atom stereocenters. The first-order valence-electron chi connectivity index (χ1n) is 8.34. The highest BCUT2D eigenvalue weighted by Gasteiger charge is 2.22. The lowest BCUT2D eigenvalue weighted by molar-refractivity contribution is 0.314. The van der Waals surface area contributed by atoms with Crippen LogP contribution in [0.3, 0.4) is 0 Å². The molecule has 1 aromatic heterocycles. The van der Waals surface area contributed by atoms with E-state index in [0.717, 1.165) is 24.5 Å². The Morgan fingerprint density at radius 2 is 1.45 bits per heavy atom. The summed E-state index contributed by atoms with van der Waals surface area (Å²) in [6.07, 6.45) is 13.0. The predicted molar refractivity (Wildman–Crippen MR) is 82.7 cm³/mol. The van der Waals surface area contributed by atoms with Crippen LogP contribution in [-0.2, 0) is 0 Å². The Bertz CT molecular complexity index is 399. The number of rotatable bonds is 1. The lowest BCUT2D eigenvalue weighted by Gasteiger charge is -2.25. The van der Waals surface area contributed by atoms with Gasteiger partial charge in [0.25, 0.3) is 0 Å². The fraction of sp³-hybridized carbons (Fsp3) is 0.875. The van der Waals surface area contributed by atoms with E-state index in [1.54, 1.807) is 0 Å². The summed E-state index contributed by atoms with van der Waals surface area (Å²) < 4.78 is 2.09. The summed E-state index contributed by atoms with van der Waals surface area (Å²) in [6, 6.07) is 0.546. The van der Waals surface area contributed by atoms with Gasteiger partial charge in [-0.2, -0.15) is 5.10 Å². The van der Waals surface area contributed by atoms with Gasteiger partial charge in [0.1, 0.15) is 11.6 Å². The van der Waals surface area contributed by atoms with Gasteiger partial charge in [0.2, 0.25) is 0 Å². The average molecular weight is 278 g/mol. The summed E-state index contributed by atoms with van der Waals surface area (Å²) in [7, 11) is 0. The molecule has 4 nitrogen and oxygen atoms in total. The molecule has 20 heavy (non-hydrogen) atoms. The van der Waals surface area contributed by atoms with E-state index in [1.165, 1.54) is 51.4 Å². The number of nitrogens with two attached hydrogens (primary N) is 1. The predicted octanol–water partition coefficient (Wildman–Crippen LogP) is 3.68. The van der Waals surface area contributed by atoms with Crippen molar-refractivity contribution in [3.8, 4) is 0 Å². The maximum atomic E-state index is 6.48. The van der Waals surface area contributed by atoms with Crippen molar-refractivity contribution in [1.29, 1.82) is 0 Å². The SMILES string of the molecule is Cc1nc(C)n(C2CCCCCCCCCCC2N)n1. The lowest BCUT2D eigenvalue weighted by atomic mass is 9.94. The van der Waals surface area contributed by atoms with Gasteiger partial charge in [-0.05, 0) is 26.7 Å². The van der Waals surface area contributed by atoms with E-state index in [1.807, 2.05) is 13.8 Å². The van der Waals surface area contributed by atoms with Crippen LogP contribution < -0.4 is 5.73 Å². The van der Waals surface area contributed by atoms with Crippen molar-refractivity contribution in [3.05, 3.63) is 11.6 Å². The molecule has 1 aliphatic carbocycles. The molecule has 2 rings (SSSR count). The highest BCUT2D eigenvalue weighted by molar-refractivity contribution is 4.93. The Hall–Kier alpha value is -0.900. The van der Waals surface area contributed by atoms with Gasteiger partial charge in [0.05, 0.1) is 6.04 Å². The molecule has 114 valence electrons. The number of nitrogens with zero attached hydrogens (tertiary/aromatic N) is 3. The van der Waals surface area contributed by atoms with Crippen LogP contribution in [0.15, 0.2) is 0 Å². The third-order valence-corrected chi connectivity index (χ3v) is 4.50. The molecule has 0 aromatic carbocycles. The van der Waals surface area contributed by atoms with Crippen LogP contribution in [0.2, 0.25) is 0 Å². The van der Waals surface area contributed by atoms with Crippen molar-refractivity contribution in [2.24, 2.45) is 5.73 Å². The van der Waals surface area contributed by atoms with Gasteiger partial charge in [0.15, 0.2) is 0 Å². The summed E-state index contributed by atoms with van der Waals surface area (Å²) in [5.41, 5.74) is 6.48. The zero-order chi connectivity index (χ0) is 14.4. The van der Waals surface area contributed by atoms with Crippen molar-refractivity contribution in [2.45, 2.75) is 90.1 Å². The van der Waals surface area contributed by atoms with E-state index in [0.29, 0.717) is 6.04 Å². The van der Waals surface area contributed by atoms with E-state index in [2.05, 4.69) is 14.8 Å². The van der Waals surface area contributed by atoms with Gasteiger partial charge < -0.3 is 5.73 Å². The summed E-state index contributed by atoms with van der Waals surface area (Å²) in [5.74, 6) is 1.87. The molecule has 1 aromatic rings. The molecule has 2 unspecified atom stereocenters. The minimum absolute atomic E-state index is 0.217. The molecule has 1 fully saturated rings. The van der Waals surface area contributed by atoms with Crippen molar-refractivity contribution >= 4 is 0 Å². The first-order chi connectivity index (χ1) is 9.68. The Kier molecular flexibility index (Phi) is 6.02. The number of hydrogen-bond donors (Lipinski definition) is 1. The largest absolute Gasteiger partial charge is 0.326 e. The Morgan fingerprint density at radius 3 is 2.00 bits per heavy atom. The molecule has 1 saturated carbocycles. The lowest BCUT2D eigenvalue weighted by Crippen LogP contribution is -2.33. The zero-order valence-corrected chi connectivity index (χ0v) is 13.1. The molecule has 1 aliphatic rings. The molecule has 4 heteroatoms. The Labute approximate surface area is 123 Å². The Balaban J connectivity index is 2.06. The topological polar surface area (TPSA) is 56.7 Å². The first kappa shape index (κ1) is 15.5. The maximum Gasteiger partial charge on any atom is 0.147 e. The quantitative estimate of drug-likeness (QED) is 0.852. The Morgan fingerprint density at radius 1 is 0.900 bits per heavy atom. The van der Waals surface area contributed by atoms with Gasteiger partial charge in [0, 0.05) is 6.04 Å². The van der Waals surface area contributed by atoms with Crippen LogP contribution in [0.4, 0.5) is 0 Å². The smallest absolute Gasteiger partial charge is 0.147 e. The molecule has 2 N–H and O–H groups in total. The van der Waals surface area contributed by atoms with Crippen LogP contribution >= 0.6 is 0 Å². The molecule has 0 saturated heterocycles. The third-order valence-electron chi connectivity index (χ3n) is 4.50. The van der Waals surface area contributed by atoms with Gasteiger partial charge in [-0.3, -0.25) is 0 Å². The van der Waals surface area contributed by atoms with E-state index >= 15 is 0 Å². The van der Waals surface area contributed by atoms with Crippen LogP contribution in [0.5, 0.6) is 0 Å². The second-order valence-electron chi connectivity index (χ2n) is 6.29. The molecule has 0 amide bonds. The number of hydrogen-bond acceptors (Lipinski definition) is 3. The standard InChI is InChI=1S/C16H30N4/c1-13-18-14(2)20(19-13)16-12-10-8-6-4-3-5-7-9-11-15(16)17/h15-16H,3-12,17H2,1-2H3. The monoisotopic (exact) mass is 278 g/mol. The highest BCUT2D eigenvalue weighted by atomic mass is 15.4. The second-order valence-corrected chi connectivity index (χ2v) is 6.29. The van der Waals surface area contributed by atoms with Crippen molar-refractivity contribution in [1.82, 2.24) is 14.8 Å². The zero-order valence-electron chi connectivity index (χ0n) is 13.1. The van der Waals surface area contributed by atoms with Crippen LogP contribution in [0.1, 0.15) is 81.9 Å². The summed E-state index contributed by atoms with van der Waals surface area (Å²) in [4.78, 5) is 4.45. The van der Waals surface area contributed by atoms with Crippen molar-refractivity contribution < 1.29 is 0 Å². The molecule has 0 bridgehead atoms. The van der Waals surface area contributed by atoms with E-state index in [9.17, 15) is 0 Å². The molecular formula is C16H30N4. The normalized spacial score (nSPS) is 26.8. The van der Waals surface area contributed by atoms with Crippen LogP contribution in [0, 0.1) is 13.8 Å². The highest BCUT2D eigenvalue weighted by Crippen LogP contribution is 2.24. The van der Waals surface area contributed by atoms with Crippen molar-refractivity contribution in [2.75, 3.05) is 0 Å². The summed E-state index contributed by atoms with van der Waals surface area (Å²) in [5, 5.41) is 4.58. The third kappa shape index (κ3) is 4.30.